The van der Waals surface area contributed by atoms with E-state index in [-0.39, 0.29) is 5.91 Å². The fraction of sp³-hybridized carbons (Fsp3) is 0.733. The van der Waals surface area contributed by atoms with Gasteiger partial charge in [-0.2, -0.15) is 0 Å². The first-order valence-corrected chi connectivity index (χ1v) is 7.54. The molecular formula is C15H22N2O2. The van der Waals surface area contributed by atoms with Gasteiger partial charge in [-0.3, -0.25) is 4.79 Å². The molecule has 3 rings (SSSR count). The molecule has 1 heterocycles. The number of carbonyl (C=O) groups is 1. The molecule has 2 aliphatic rings. The maximum absolute atomic E-state index is 12.4. The van der Waals surface area contributed by atoms with Gasteiger partial charge in [0.25, 0.3) is 5.91 Å². The van der Waals surface area contributed by atoms with Crippen LogP contribution in [0.3, 0.4) is 0 Å². The minimum atomic E-state index is -0.0364. The summed E-state index contributed by atoms with van der Waals surface area (Å²) in [5.41, 5.74) is 1.58. The lowest BCUT2D eigenvalue weighted by Gasteiger charge is -2.29. The summed E-state index contributed by atoms with van der Waals surface area (Å²) in [5, 5.41) is 7.16. The molecule has 2 atom stereocenters. The Morgan fingerprint density at radius 3 is 2.84 bits per heavy atom. The van der Waals surface area contributed by atoms with Crippen molar-refractivity contribution in [2.45, 2.75) is 64.3 Å². The SMILES string of the molecule is C[C@@H]1CCCC[C@@H]1NC(=O)c1noc2c1CCCC2. The molecule has 19 heavy (non-hydrogen) atoms. The second kappa shape index (κ2) is 5.35. The number of fused-ring (bicyclic) bond motifs is 1. The second-order valence-electron chi connectivity index (χ2n) is 5.98. The smallest absolute Gasteiger partial charge is 0.273 e. The second-order valence-corrected chi connectivity index (χ2v) is 5.98. The lowest BCUT2D eigenvalue weighted by Crippen LogP contribution is -2.41. The van der Waals surface area contributed by atoms with Crippen molar-refractivity contribution in [1.29, 1.82) is 0 Å². The van der Waals surface area contributed by atoms with Crippen molar-refractivity contribution in [3.05, 3.63) is 17.0 Å². The van der Waals surface area contributed by atoms with Crippen LogP contribution in [0.1, 0.15) is 67.3 Å². The zero-order chi connectivity index (χ0) is 13.2. The number of amides is 1. The molecule has 0 unspecified atom stereocenters. The van der Waals surface area contributed by atoms with Gasteiger partial charge in [0.15, 0.2) is 5.69 Å². The summed E-state index contributed by atoms with van der Waals surface area (Å²) in [6.07, 6.45) is 8.93. The molecule has 0 aromatic carbocycles. The Labute approximate surface area is 113 Å². The van der Waals surface area contributed by atoms with E-state index in [4.69, 9.17) is 4.52 Å². The van der Waals surface area contributed by atoms with Crippen LogP contribution in [0, 0.1) is 5.92 Å². The highest BCUT2D eigenvalue weighted by molar-refractivity contribution is 5.94. The first kappa shape index (κ1) is 12.7. The Hall–Kier alpha value is -1.32. The van der Waals surface area contributed by atoms with Crippen LogP contribution in [-0.2, 0) is 12.8 Å². The number of aromatic nitrogens is 1. The molecule has 0 saturated heterocycles. The van der Waals surface area contributed by atoms with E-state index in [9.17, 15) is 4.79 Å². The Bertz CT molecular complexity index is 467. The van der Waals surface area contributed by atoms with Crippen LogP contribution in [0.15, 0.2) is 4.52 Å². The third-order valence-corrected chi connectivity index (χ3v) is 4.59. The number of hydrogen-bond donors (Lipinski definition) is 1. The fourth-order valence-electron chi connectivity index (χ4n) is 3.33. The Morgan fingerprint density at radius 2 is 2.00 bits per heavy atom. The molecule has 1 aromatic heterocycles. The highest BCUT2D eigenvalue weighted by atomic mass is 16.5. The number of rotatable bonds is 2. The third kappa shape index (κ3) is 2.53. The van der Waals surface area contributed by atoms with Crippen LogP contribution in [0.25, 0.3) is 0 Å². The van der Waals surface area contributed by atoms with Crippen molar-refractivity contribution in [3.63, 3.8) is 0 Å². The quantitative estimate of drug-likeness (QED) is 0.891. The molecule has 0 aliphatic heterocycles. The van der Waals surface area contributed by atoms with Crippen molar-refractivity contribution >= 4 is 5.91 Å². The van der Waals surface area contributed by atoms with Crippen molar-refractivity contribution in [1.82, 2.24) is 10.5 Å². The highest BCUT2D eigenvalue weighted by Gasteiger charge is 2.28. The number of hydrogen-bond acceptors (Lipinski definition) is 3. The minimum absolute atomic E-state index is 0.0364. The van der Waals surface area contributed by atoms with E-state index in [1.54, 1.807) is 0 Å². The van der Waals surface area contributed by atoms with Gasteiger partial charge in [0.05, 0.1) is 0 Å². The average Bonchev–Trinajstić information content (AvgIpc) is 2.85. The summed E-state index contributed by atoms with van der Waals surface area (Å²) in [6, 6.07) is 0.303. The molecule has 0 bridgehead atoms. The Morgan fingerprint density at radius 1 is 1.21 bits per heavy atom. The average molecular weight is 262 g/mol. The molecule has 4 nitrogen and oxygen atoms in total. The van der Waals surface area contributed by atoms with Gasteiger partial charge >= 0.3 is 0 Å². The van der Waals surface area contributed by atoms with Crippen LogP contribution >= 0.6 is 0 Å². The molecule has 1 aromatic rings. The summed E-state index contributed by atoms with van der Waals surface area (Å²) in [4.78, 5) is 12.4. The highest BCUT2D eigenvalue weighted by Crippen LogP contribution is 2.26. The van der Waals surface area contributed by atoms with Gasteiger partial charge in [0, 0.05) is 18.0 Å². The summed E-state index contributed by atoms with van der Waals surface area (Å²) in [7, 11) is 0. The van der Waals surface area contributed by atoms with E-state index < -0.39 is 0 Å². The molecule has 1 fully saturated rings. The van der Waals surface area contributed by atoms with E-state index in [0.717, 1.165) is 43.4 Å². The van der Waals surface area contributed by atoms with Crippen molar-refractivity contribution in [2.24, 2.45) is 5.92 Å². The van der Waals surface area contributed by atoms with Crippen LogP contribution in [0.4, 0.5) is 0 Å². The molecule has 1 N–H and O–H groups in total. The molecule has 1 amide bonds. The van der Waals surface area contributed by atoms with Gasteiger partial charge in [-0.25, -0.2) is 0 Å². The molecule has 104 valence electrons. The standard InChI is InChI=1S/C15H22N2O2/c1-10-6-2-4-8-12(10)16-15(18)14-11-7-3-5-9-13(11)19-17-14/h10,12H,2-9H2,1H3,(H,16,18)/t10-,12+/m1/s1. The monoisotopic (exact) mass is 262 g/mol. The first-order valence-electron chi connectivity index (χ1n) is 7.54. The van der Waals surface area contributed by atoms with Crippen LogP contribution in [0.5, 0.6) is 0 Å². The maximum Gasteiger partial charge on any atom is 0.273 e. The molecule has 1 saturated carbocycles. The van der Waals surface area contributed by atoms with Gasteiger partial charge < -0.3 is 9.84 Å². The lowest BCUT2D eigenvalue weighted by atomic mass is 9.86. The maximum atomic E-state index is 12.4. The lowest BCUT2D eigenvalue weighted by molar-refractivity contribution is 0.0900. The van der Waals surface area contributed by atoms with E-state index in [1.165, 1.54) is 19.3 Å². The number of aryl methyl sites for hydroxylation is 1. The largest absolute Gasteiger partial charge is 0.360 e. The topological polar surface area (TPSA) is 55.1 Å². The minimum Gasteiger partial charge on any atom is -0.360 e. The molecule has 2 aliphatic carbocycles. The Kier molecular flexibility index (Phi) is 3.58. The molecule has 0 spiro atoms. The first-order chi connectivity index (χ1) is 9.25. The summed E-state index contributed by atoms with van der Waals surface area (Å²) >= 11 is 0. The van der Waals surface area contributed by atoms with E-state index in [1.807, 2.05) is 0 Å². The van der Waals surface area contributed by atoms with Crippen molar-refractivity contribution in [3.8, 4) is 0 Å². The number of nitrogens with one attached hydrogen (secondary N) is 1. The van der Waals surface area contributed by atoms with E-state index in [2.05, 4.69) is 17.4 Å². The van der Waals surface area contributed by atoms with E-state index >= 15 is 0 Å². The van der Waals surface area contributed by atoms with Gasteiger partial charge in [-0.05, 0) is 38.0 Å². The predicted octanol–water partition coefficient (Wildman–Crippen LogP) is 2.86. The van der Waals surface area contributed by atoms with Crippen LogP contribution < -0.4 is 5.32 Å². The molecule has 4 heteroatoms. The third-order valence-electron chi connectivity index (χ3n) is 4.59. The Balaban J connectivity index is 1.71. The molecular weight excluding hydrogens is 240 g/mol. The van der Waals surface area contributed by atoms with E-state index in [0.29, 0.717) is 17.7 Å². The zero-order valence-corrected chi connectivity index (χ0v) is 11.6. The van der Waals surface area contributed by atoms with Gasteiger partial charge in [-0.1, -0.05) is 24.9 Å². The number of nitrogens with zero attached hydrogens (tertiary/aromatic N) is 1. The summed E-state index contributed by atoms with van der Waals surface area (Å²) in [6.45, 7) is 2.22. The fourth-order valence-corrected chi connectivity index (χ4v) is 3.33. The number of carbonyl (C=O) groups excluding carboxylic acids is 1. The normalized spacial score (nSPS) is 26.8. The zero-order valence-electron chi connectivity index (χ0n) is 11.6. The van der Waals surface area contributed by atoms with Gasteiger partial charge in [0.1, 0.15) is 5.76 Å². The van der Waals surface area contributed by atoms with Crippen molar-refractivity contribution < 1.29 is 9.32 Å². The molecule has 0 radical (unpaired) electrons. The van der Waals surface area contributed by atoms with Gasteiger partial charge in [-0.15, -0.1) is 0 Å². The predicted molar refractivity (Wildman–Crippen MR) is 72.0 cm³/mol. The summed E-state index contributed by atoms with van der Waals surface area (Å²) in [5.74, 6) is 1.46. The van der Waals surface area contributed by atoms with Gasteiger partial charge in [0.2, 0.25) is 0 Å². The van der Waals surface area contributed by atoms with Crippen LogP contribution in [-0.4, -0.2) is 17.1 Å². The van der Waals surface area contributed by atoms with Crippen molar-refractivity contribution in [2.75, 3.05) is 0 Å². The summed E-state index contributed by atoms with van der Waals surface area (Å²) < 4.78 is 5.31. The van der Waals surface area contributed by atoms with Crippen LogP contribution in [0.2, 0.25) is 0 Å².